The highest BCUT2D eigenvalue weighted by atomic mass is 32.2. The van der Waals surface area contributed by atoms with Crippen molar-refractivity contribution in [2.75, 3.05) is 37.7 Å². The van der Waals surface area contributed by atoms with Crippen molar-refractivity contribution in [3.63, 3.8) is 0 Å². The van der Waals surface area contributed by atoms with Gasteiger partial charge >= 0.3 is 0 Å². The third-order valence-electron chi connectivity index (χ3n) is 4.46. The summed E-state index contributed by atoms with van der Waals surface area (Å²) in [5, 5.41) is 6.61. The first-order valence-electron chi connectivity index (χ1n) is 8.22. The first kappa shape index (κ1) is 15.8. The molecule has 2 fully saturated rings. The molecule has 0 bridgehead atoms. The highest BCUT2D eigenvalue weighted by Gasteiger charge is 2.29. The van der Waals surface area contributed by atoms with Gasteiger partial charge in [-0.1, -0.05) is 30.3 Å². The Kier molecular flexibility index (Phi) is 5.76. The molecule has 1 aromatic carbocycles. The number of nitrogens with one attached hydrogen (secondary N) is 2. The molecule has 2 atom stereocenters. The molecule has 120 valence electrons. The van der Waals surface area contributed by atoms with Crippen LogP contribution in [0.25, 0.3) is 0 Å². The summed E-state index contributed by atoms with van der Waals surface area (Å²) in [5.74, 6) is 2.37. The molecule has 2 aliphatic rings. The summed E-state index contributed by atoms with van der Waals surface area (Å²) in [6.45, 7) is 3.79. The molecular formula is C17H25N3OS. The first-order valence-corrected chi connectivity index (χ1v) is 9.38. The van der Waals surface area contributed by atoms with Crippen molar-refractivity contribution in [3.05, 3.63) is 35.9 Å². The van der Waals surface area contributed by atoms with Gasteiger partial charge in [-0.25, -0.2) is 0 Å². The Morgan fingerprint density at radius 3 is 2.77 bits per heavy atom. The number of thioether (sulfide) groups is 1. The summed E-state index contributed by atoms with van der Waals surface area (Å²) >= 11 is 1.97. The van der Waals surface area contributed by atoms with Gasteiger partial charge in [0.1, 0.15) is 6.04 Å². The minimum absolute atomic E-state index is 0.145. The van der Waals surface area contributed by atoms with Gasteiger partial charge in [0.25, 0.3) is 0 Å². The summed E-state index contributed by atoms with van der Waals surface area (Å²) in [5.41, 5.74) is 1.10. The molecule has 0 aliphatic carbocycles. The maximum atomic E-state index is 12.8. The van der Waals surface area contributed by atoms with Gasteiger partial charge in [-0.2, -0.15) is 11.8 Å². The lowest BCUT2D eigenvalue weighted by Crippen LogP contribution is -2.46. The number of nitrogens with zero attached hydrogens (tertiary/aromatic N) is 1. The predicted octanol–water partition coefficient (Wildman–Crippen LogP) is 1.64. The number of benzene rings is 1. The fourth-order valence-electron chi connectivity index (χ4n) is 3.25. The zero-order valence-electron chi connectivity index (χ0n) is 13.0. The molecule has 22 heavy (non-hydrogen) atoms. The smallest absolute Gasteiger partial charge is 0.242 e. The van der Waals surface area contributed by atoms with Crippen molar-refractivity contribution in [1.29, 1.82) is 0 Å². The highest BCUT2D eigenvalue weighted by Crippen LogP contribution is 2.24. The molecule has 0 radical (unpaired) electrons. The van der Waals surface area contributed by atoms with Gasteiger partial charge < -0.3 is 10.6 Å². The fraction of sp³-hybridized carbons (Fsp3) is 0.588. The highest BCUT2D eigenvalue weighted by molar-refractivity contribution is 7.99. The molecule has 1 amide bonds. The van der Waals surface area contributed by atoms with E-state index in [-0.39, 0.29) is 11.9 Å². The first-order chi connectivity index (χ1) is 10.8. The quantitative estimate of drug-likeness (QED) is 0.866. The van der Waals surface area contributed by atoms with Crippen LogP contribution in [-0.4, -0.2) is 54.5 Å². The van der Waals surface area contributed by atoms with Gasteiger partial charge in [-0.05, 0) is 24.9 Å². The lowest BCUT2D eigenvalue weighted by molar-refractivity contribution is -0.126. The van der Waals surface area contributed by atoms with Crippen LogP contribution in [0.15, 0.2) is 30.3 Å². The van der Waals surface area contributed by atoms with Gasteiger partial charge in [0, 0.05) is 37.2 Å². The minimum Gasteiger partial charge on any atom is -0.353 e. The summed E-state index contributed by atoms with van der Waals surface area (Å²) in [6.07, 6.45) is 2.38. The van der Waals surface area contributed by atoms with Gasteiger partial charge in [-0.3, -0.25) is 9.69 Å². The SMILES string of the molecule is O=C(NCC1CCCN1)C(c1ccccc1)N1CCSCC1. The topological polar surface area (TPSA) is 44.4 Å². The van der Waals surface area contributed by atoms with Crippen LogP contribution in [0.1, 0.15) is 24.4 Å². The Balaban J connectivity index is 1.67. The van der Waals surface area contributed by atoms with Crippen molar-refractivity contribution < 1.29 is 4.79 Å². The summed E-state index contributed by atoms with van der Waals surface area (Å²) in [4.78, 5) is 15.1. The number of carbonyl (C=O) groups is 1. The standard InChI is InChI=1S/C17H25N3OS/c21-17(19-13-15-7-4-8-18-15)16(14-5-2-1-3-6-14)20-9-11-22-12-10-20/h1-3,5-6,15-16,18H,4,7-13H2,(H,19,21). The molecule has 2 saturated heterocycles. The molecule has 4 nitrogen and oxygen atoms in total. The van der Waals surface area contributed by atoms with Crippen molar-refractivity contribution in [3.8, 4) is 0 Å². The van der Waals surface area contributed by atoms with E-state index in [0.717, 1.165) is 49.7 Å². The molecule has 2 N–H and O–H groups in total. The van der Waals surface area contributed by atoms with E-state index in [1.165, 1.54) is 6.42 Å². The maximum Gasteiger partial charge on any atom is 0.242 e. The Bertz CT molecular complexity index is 470. The Morgan fingerprint density at radius 2 is 2.09 bits per heavy atom. The Hall–Kier alpha value is -1.04. The number of carbonyl (C=O) groups excluding carboxylic acids is 1. The van der Waals surface area contributed by atoms with Crippen LogP contribution in [0.5, 0.6) is 0 Å². The predicted molar refractivity (Wildman–Crippen MR) is 92.1 cm³/mol. The van der Waals surface area contributed by atoms with Crippen LogP contribution in [0, 0.1) is 0 Å². The monoisotopic (exact) mass is 319 g/mol. The Morgan fingerprint density at radius 1 is 1.32 bits per heavy atom. The molecule has 2 heterocycles. The van der Waals surface area contributed by atoms with Gasteiger partial charge in [0.05, 0.1) is 0 Å². The van der Waals surface area contributed by atoms with E-state index in [1.54, 1.807) is 0 Å². The minimum atomic E-state index is -0.150. The second kappa shape index (κ2) is 7.99. The van der Waals surface area contributed by atoms with Crippen molar-refractivity contribution >= 4 is 17.7 Å². The lowest BCUT2D eigenvalue weighted by atomic mass is 10.0. The molecular weight excluding hydrogens is 294 g/mol. The lowest BCUT2D eigenvalue weighted by Gasteiger charge is -2.33. The van der Waals surface area contributed by atoms with E-state index in [0.29, 0.717) is 6.04 Å². The molecule has 0 spiro atoms. The average Bonchev–Trinajstić information content (AvgIpc) is 3.09. The number of amides is 1. The average molecular weight is 319 g/mol. The number of hydrogen-bond donors (Lipinski definition) is 2. The van der Waals surface area contributed by atoms with E-state index >= 15 is 0 Å². The molecule has 0 saturated carbocycles. The van der Waals surface area contributed by atoms with Gasteiger partial charge in [0.2, 0.25) is 5.91 Å². The van der Waals surface area contributed by atoms with Crippen LogP contribution in [0.4, 0.5) is 0 Å². The molecule has 1 aromatic rings. The third-order valence-corrected chi connectivity index (χ3v) is 5.40. The van der Waals surface area contributed by atoms with Crippen molar-refractivity contribution in [1.82, 2.24) is 15.5 Å². The second-order valence-corrected chi connectivity index (χ2v) is 7.22. The van der Waals surface area contributed by atoms with Crippen molar-refractivity contribution in [2.45, 2.75) is 24.9 Å². The second-order valence-electron chi connectivity index (χ2n) is 6.00. The van der Waals surface area contributed by atoms with E-state index in [9.17, 15) is 4.79 Å². The van der Waals surface area contributed by atoms with Gasteiger partial charge in [0.15, 0.2) is 0 Å². The van der Waals surface area contributed by atoms with E-state index in [2.05, 4.69) is 27.7 Å². The molecule has 3 rings (SSSR count). The normalized spacial score (nSPS) is 24.1. The van der Waals surface area contributed by atoms with Crippen molar-refractivity contribution in [2.24, 2.45) is 0 Å². The van der Waals surface area contributed by atoms with E-state index < -0.39 is 0 Å². The molecule has 0 aromatic heterocycles. The van der Waals surface area contributed by atoms with E-state index in [1.807, 2.05) is 30.0 Å². The van der Waals surface area contributed by atoms with Gasteiger partial charge in [-0.15, -0.1) is 0 Å². The van der Waals surface area contributed by atoms with Crippen LogP contribution < -0.4 is 10.6 Å². The zero-order valence-corrected chi connectivity index (χ0v) is 13.8. The molecule has 2 unspecified atom stereocenters. The van der Waals surface area contributed by atoms with Crippen LogP contribution in [-0.2, 0) is 4.79 Å². The number of rotatable bonds is 5. The van der Waals surface area contributed by atoms with Crippen LogP contribution >= 0.6 is 11.8 Å². The largest absolute Gasteiger partial charge is 0.353 e. The number of hydrogen-bond acceptors (Lipinski definition) is 4. The summed E-state index contributed by atoms with van der Waals surface area (Å²) in [6, 6.07) is 10.5. The van der Waals surface area contributed by atoms with Crippen LogP contribution in [0.3, 0.4) is 0 Å². The summed E-state index contributed by atoms with van der Waals surface area (Å²) in [7, 11) is 0. The van der Waals surface area contributed by atoms with E-state index in [4.69, 9.17) is 0 Å². The molecule has 2 aliphatic heterocycles. The fourth-order valence-corrected chi connectivity index (χ4v) is 4.18. The van der Waals surface area contributed by atoms with Crippen LogP contribution in [0.2, 0.25) is 0 Å². The maximum absolute atomic E-state index is 12.8. The third kappa shape index (κ3) is 4.03. The molecule has 5 heteroatoms. The Labute approximate surface area is 137 Å². The summed E-state index contributed by atoms with van der Waals surface area (Å²) < 4.78 is 0. The zero-order chi connectivity index (χ0) is 15.2.